The Morgan fingerprint density at radius 3 is 1.58 bits per heavy atom. The van der Waals surface area contributed by atoms with Gasteiger partial charge in [0, 0.05) is 0 Å². The zero-order chi connectivity index (χ0) is 14.8. The third kappa shape index (κ3) is 5.23. The van der Waals surface area contributed by atoms with Crippen molar-refractivity contribution in [1.82, 2.24) is 5.48 Å². The minimum absolute atomic E-state index is 0.0235. The highest BCUT2D eigenvalue weighted by molar-refractivity contribution is 6.00. The van der Waals surface area contributed by atoms with Crippen LogP contribution in [0, 0.1) is 5.92 Å². The second-order valence-corrected chi connectivity index (χ2v) is 3.34. The van der Waals surface area contributed by atoms with Crippen LogP contribution in [0.3, 0.4) is 0 Å². The Bertz CT molecular complexity index is 300. The van der Waals surface area contributed by atoms with Crippen LogP contribution in [-0.2, 0) is 28.6 Å². The third-order valence-corrected chi connectivity index (χ3v) is 2.09. The number of hydroxylamine groups is 1. The van der Waals surface area contributed by atoms with Crippen LogP contribution in [0.15, 0.2) is 0 Å². The Morgan fingerprint density at radius 1 is 0.895 bits per heavy atom. The summed E-state index contributed by atoms with van der Waals surface area (Å²) in [5, 5.41) is 8.96. The number of rotatable bonds is 8. The molecule has 0 unspecified atom stereocenters. The molecule has 0 rings (SSSR count). The predicted molar refractivity (Wildman–Crippen MR) is 62.1 cm³/mol. The van der Waals surface area contributed by atoms with E-state index in [1.165, 1.54) is 0 Å². The molecule has 0 aliphatic carbocycles. The van der Waals surface area contributed by atoms with E-state index in [0.29, 0.717) is 0 Å². The zero-order valence-corrected chi connectivity index (χ0v) is 11.2. The second kappa shape index (κ2) is 9.29. The third-order valence-electron chi connectivity index (χ3n) is 2.09. The molecule has 2 N–H and O–H groups in total. The summed E-state index contributed by atoms with van der Waals surface area (Å²) in [6.07, 6.45) is 0. The molecule has 0 aliphatic heterocycles. The number of hydrogen-bond donors (Lipinski definition) is 2. The average molecular weight is 277 g/mol. The molecule has 0 aromatic heterocycles. The zero-order valence-electron chi connectivity index (χ0n) is 11.2. The van der Waals surface area contributed by atoms with E-state index in [0.717, 1.165) is 0 Å². The first kappa shape index (κ1) is 17.3. The molecular formula is C11H19NO7. The standard InChI is InChI=1S/C11H19NO7/c1-4-17-9(13)7(10(14)18-5-2)8(12-16)11(15)19-6-3/h7-8,12,16H,4-6H2,1-3H3/t8-/m0/s1. The fourth-order valence-corrected chi connectivity index (χ4v) is 1.33. The van der Waals surface area contributed by atoms with Gasteiger partial charge < -0.3 is 19.4 Å². The van der Waals surface area contributed by atoms with E-state index in [2.05, 4.69) is 14.2 Å². The van der Waals surface area contributed by atoms with Gasteiger partial charge in [0.05, 0.1) is 19.8 Å². The van der Waals surface area contributed by atoms with E-state index in [1.807, 2.05) is 0 Å². The number of hydrogen-bond acceptors (Lipinski definition) is 8. The van der Waals surface area contributed by atoms with Crippen LogP contribution in [0.4, 0.5) is 0 Å². The van der Waals surface area contributed by atoms with Crippen molar-refractivity contribution in [2.45, 2.75) is 26.8 Å². The first-order valence-corrected chi connectivity index (χ1v) is 5.92. The lowest BCUT2D eigenvalue weighted by atomic mass is 10.0. The van der Waals surface area contributed by atoms with Gasteiger partial charge in [-0.05, 0) is 20.8 Å². The highest BCUT2D eigenvalue weighted by Crippen LogP contribution is 2.11. The fourth-order valence-electron chi connectivity index (χ4n) is 1.33. The van der Waals surface area contributed by atoms with E-state index < -0.39 is 29.9 Å². The van der Waals surface area contributed by atoms with E-state index in [9.17, 15) is 14.4 Å². The monoisotopic (exact) mass is 277 g/mol. The van der Waals surface area contributed by atoms with Gasteiger partial charge in [0.1, 0.15) is 0 Å². The molecule has 0 spiro atoms. The van der Waals surface area contributed by atoms with Crippen LogP contribution >= 0.6 is 0 Å². The molecule has 0 bridgehead atoms. The Hall–Kier alpha value is -1.67. The molecule has 0 amide bonds. The predicted octanol–water partition coefficient (Wildman–Crippen LogP) is -0.361. The van der Waals surface area contributed by atoms with Crippen LogP contribution in [0.25, 0.3) is 0 Å². The average Bonchev–Trinajstić information content (AvgIpc) is 2.36. The molecule has 8 heteroatoms. The van der Waals surface area contributed by atoms with Crippen molar-refractivity contribution in [2.75, 3.05) is 19.8 Å². The van der Waals surface area contributed by atoms with Crippen molar-refractivity contribution in [3.05, 3.63) is 0 Å². The van der Waals surface area contributed by atoms with Crippen LogP contribution in [0.5, 0.6) is 0 Å². The van der Waals surface area contributed by atoms with Crippen LogP contribution in [-0.4, -0.2) is 49.0 Å². The summed E-state index contributed by atoms with van der Waals surface area (Å²) >= 11 is 0. The molecule has 0 aromatic carbocycles. The molecule has 110 valence electrons. The number of nitrogens with one attached hydrogen (secondary N) is 1. The van der Waals surface area contributed by atoms with Gasteiger partial charge >= 0.3 is 17.9 Å². The van der Waals surface area contributed by atoms with E-state index in [4.69, 9.17) is 5.21 Å². The summed E-state index contributed by atoms with van der Waals surface area (Å²) < 4.78 is 14.0. The molecule has 1 atom stereocenters. The van der Waals surface area contributed by atoms with Crippen molar-refractivity contribution >= 4 is 17.9 Å². The van der Waals surface area contributed by atoms with Gasteiger partial charge in [0.2, 0.25) is 0 Å². The minimum atomic E-state index is -1.62. The summed E-state index contributed by atoms with van der Waals surface area (Å²) in [7, 11) is 0. The summed E-state index contributed by atoms with van der Waals surface area (Å²) in [5.74, 6) is -4.51. The van der Waals surface area contributed by atoms with Crippen molar-refractivity contribution < 1.29 is 33.8 Å². The molecule has 0 saturated carbocycles. The number of carbonyl (C=O) groups excluding carboxylic acids is 3. The lowest BCUT2D eigenvalue weighted by Crippen LogP contribution is -2.50. The van der Waals surface area contributed by atoms with Crippen molar-refractivity contribution in [2.24, 2.45) is 5.92 Å². The van der Waals surface area contributed by atoms with Gasteiger partial charge in [-0.3, -0.25) is 14.4 Å². The quantitative estimate of drug-likeness (QED) is 0.268. The van der Waals surface area contributed by atoms with Gasteiger partial charge in [-0.2, -0.15) is 5.48 Å². The molecule has 0 saturated heterocycles. The van der Waals surface area contributed by atoms with Crippen molar-refractivity contribution in [3.8, 4) is 0 Å². The number of carbonyl (C=O) groups is 3. The number of ether oxygens (including phenoxy) is 3. The first-order valence-electron chi connectivity index (χ1n) is 5.92. The summed E-state index contributed by atoms with van der Waals surface area (Å²) in [4.78, 5) is 34.9. The Balaban J connectivity index is 5.11. The lowest BCUT2D eigenvalue weighted by Gasteiger charge is -2.21. The van der Waals surface area contributed by atoms with Gasteiger partial charge in [-0.25, -0.2) is 0 Å². The molecule has 0 fully saturated rings. The van der Waals surface area contributed by atoms with Gasteiger partial charge in [0.25, 0.3) is 0 Å². The van der Waals surface area contributed by atoms with E-state index in [-0.39, 0.29) is 19.8 Å². The Morgan fingerprint density at radius 2 is 1.26 bits per heavy atom. The molecular weight excluding hydrogens is 258 g/mol. The smallest absolute Gasteiger partial charge is 0.326 e. The summed E-state index contributed by atoms with van der Waals surface area (Å²) in [5.41, 5.74) is 1.59. The molecule has 0 aromatic rings. The Kier molecular flexibility index (Phi) is 8.47. The van der Waals surface area contributed by atoms with Crippen molar-refractivity contribution in [1.29, 1.82) is 0 Å². The minimum Gasteiger partial charge on any atom is -0.465 e. The maximum absolute atomic E-state index is 11.7. The molecule has 8 nitrogen and oxygen atoms in total. The lowest BCUT2D eigenvalue weighted by molar-refractivity contribution is -0.171. The van der Waals surface area contributed by atoms with Crippen LogP contribution in [0.2, 0.25) is 0 Å². The first-order chi connectivity index (χ1) is 9.03. The fraction of sp³-hybridized carbons (Fsp3) is 0.727. The Labute approximate surface area is 111 Å². The maximum Gasteiger partial charge on any atom is 0.326 e. The molecule has 19 heavy (non-hydrogen) atoms. The van der Waals surface area contributed by atoms with Crippen LogP contribution in [0.1, 0.15) is 20.8 Å². The number of esters is 3. The van der Waals surface area contributed by atoms with Gasteiger partial charge in [0.15, 0.2) is 12.0 Å². The van der Waals surface area contributed by atoms with E-state index >= 15 is 0 Å². The second-order valence-electron chi connectivity index (χ2n) is 3.34. The van der Waals surface area contributed by atoms with Gasteiger partial charge in [-0.1, -0.05) is 0 Å². The normalized spacial score (nSPS) is 11.8. The topological polar surface area (TPSA) is 111 Å². The highest BCUT2D eigenvalue weighted by atomic mass is 16.6. The summed E-state index contributed by atoms with van der Waals surface area (Å²) in [6.45, 7) is 4.73. The van der Waals surface area contributed by atoms with Gasteiger partial charge in [-0.15, -0.1) is 0 Å². The molecule has 0 radical (unpaired) electrons. The SMILES string of the molecule is CCOC(=O)C(C(=O)OCC)[C@H](NO)C(=O)OCC. The van der Waals surface area contributed by atoms with Crippen molar-refractivity contribution in [3.63, 3.8) is 0 Å². The molecule has 0 aliphatic rings. The highest BCUT2D eigenvalue weighted by Gasteiger charge is 2.42. The summed E-state index contributed by atoms with van der Waals surface area (Å²) in [6, 6.07) is -1.57. The molecule has 0 heterocycles. The largest absolute Gasteiger partial charge is 0.465 e. The van der Waals surface area contributed by atoms with E-state index in [1.54, 1.807) is 26.3 Å². The maximum atomic E-state index is 11.7. The van der Waals surface area contributed by atoms with Crippen LogP contribution < -0.4 is 5.48 Å².